The third-order valence-corrected chi connectivity index (χ3v) is 4.71. The Hall–Kier alpha value is -1.61. The molecular formula is C17H23ClN4O3S. The number of methoxy groups -OCH3 is 2. The van der Waals surface area contributed by atoms with Gasteiger partial charge in [0.2, 0.25) is 5.91 Å². The summed E-state index contributed by atoms with van der Waals surface area (Å²) in [4.78, 5) is 12.1. The van der Waals surface area contributed by atoms with Crippen LogP contribution in [0.25, 0.3) is 11.4 Å². The van der Waals surface area contributed by atoms with Gasteiger partial charge in [0.05, 0.1) is 25.5 Å². The first-order valence-corrected chi connectivity index (χ1v) is 9.50. The largest absolute Gasteiger partial charge is 0.383 e. The van der Waals surface area contributed by atoms with Gasteiger partial charge in [0.1, 0.15) is 0 Å². The maximum Gasteiger partial charge on any atom is 0.230 e. The lowest BCUT2D eigenvalue weighted by atomic mass is 10.2. The molecule has 1 aromatic heterocycles. The number of ether oxygens (including phenoxy) is 2. The fraction of sp³-hybridized carbons (Fsp3) is 0.471. The average molecular weight is 399 g/mol. The van der Waals surface area contributed by atoms with Gasteiger partial charge in [-0.3, -0.25) is 9.36 Å². The number of halogens is 1. The highest BCUT2D eigenvalue weighted by Gasteiger charge is 2.16. The van der Waals surface area contributed by atoms with E-state index in [1.807, 2.05) is 35.8 Å². The Morgan fingerprint density at radius 2 is 2.00 bits per heavy atom. The predicted octanol–water partition coefficient (Wildman–Crippen LogP) is 2.49. The van der Waals surface area contributed by atoms with Gasteiger partial charge in [-0.1, -0.05) is 23.4 Å². The van der Waals surface area contributed by atoms with E-state index in [1.165, 1.54) is 11.8 Å². The van der Waals surface area contributed by atoms with E-state index in [2.05, 4.69) is 15.5 Å². The van der Waals surface area contributed by atoms with Gasteiger partial charge in [0, 0.05) is 30.8 Å². The number of carbonyl (C=O) groups is 1. The number of nitrogens with zero attached hydrogens (tertiary/aromatic N) is 3. The lowest BCUT2D eigenvalue weighted by Crippen LogP contribution is -2.36. The van der Waals surface area contributed by atoms with Gasteiger partial charge < -0.3 is 14.8 Å². The van der Waals surface area contributed by atoms with Gasteiger partial charge in [-0.2, -0.15) is 0 Å². The Kier molecular flexibility index (Phi) is 8.37. The molecule has 0 aliphatic carbocycles. The zero-order chi connectivity index (χ0) is 18.9. The van der Waals surface area contributed by atoms with Crippen molar-refractivity contribution in [3.05, 3.63) is 29.3 Å². The number of aromatic nitrogens is 3. The molecule has 1 heterocycles. The zero-order valence-corrected chi connectivity index (χ0v) is 16.6. The van der Waals surface area contributed by atoms with E-state index in [0.717, 1.165) is 11.4 Å². The molecule has 0 bridgehead atoms. The number of hydrogen-bond donors (Lipinski definition) is 1. The molecule has 2 aromatic rings. The molecule has 2 rings (SSSR count). The van der Waals surface area contributed by atoms with Crippen molar-refractivity contribution in [3.8, 4) is 11.4 Å². The standard InChI is InChI=1S/C17H23ClN4O3S/c1-12(10-25-3)19-15(23)11-26-17-21-20-16(22(17)8-9-24-2)13-4-6-14(18)7-5-13/h4-7,12H,8-11H2,1-3H3,(H,19,23)/t12-/m0/s1. The van der Waals surface area contributed by atoms with Crippen molar-refractivity contribution < 1.29 is 14.3 Å². The first-order valence-electron chi connectivity index (χ1n) is 8.14. The van der Waals surface area contributed by atoms with Gasteiger partial charge in [-0.15, -0.1) is 10.2 Å². The van der Waals surface area contributed by atoms with E-state index in [-0.39, 0.29) is 17.7 Å². The van der Waals surface area contributed by atoms with Crippen LogP contribution in [0.2, 0.25) is 5.02 Å². The Bertz CT molecular complexity index is 709. The summed E-state index contributed by atoms with van der Waals surface area (Å²) < 4.78 is 12.2. The third kappa shape index (κ3) is 5.98. The molecular weight excluding hydrogens is 376 g/mol. The Morgan fingerprint density at radius 1 is 1.27 bits per heavy atom. The molecule has 26 heavy (non-hydrogen) atoms. The quantitative estimate of drug-likeness (QED) is 0.619. The maximum atomic E-state index is 12.1. The highest BCUT2D eigenvalue weighted by atomic mass is 35.5. The van der Waals surface area contributed by atoms with Crippen molar-refractivity contribution in [2.24, 2.45) is 0 Å². The van der Waals surface area contributed by atoms with Crippen LogP contribution < -0.4 is 5.32 Å². The van der Waals surface area contributed by atoms with Crippen LogP contribution in [-0.2, 0) is 20.8 Å². The molecule has 7 nitrogen and oxygen atoms in total. The van der Waals surface area contributed by atoms with E-state index in [0.29, 0.717) is 29.9 Å². The lowest BCUT2D eigenvalue weighted by molar-refractivity contribution is -0.119. The van der Waals surface area contributed by atoms with Gasteiger partial charge in [-0.05, 0) is 31.2 Å². The van der Waals surface area contributed by atoms with E-state index >= 15 is 0 Å². The zero-order valence-electron chi connectivity index (χ0n) is 15.1. The monoisotopic (exact) mass is 398 g/mol. The predicted molar refractivity (Wildman–Crippen MR) is 103 cm³/mol. The van der Waals surface area contributed by atoms with E-state index < -0.39 is 0 Å². The Labute approximate surface area is 162 Å². The van der Waals surface area contributed by atoms with Crippen LogP contribution in [0.5, 0.6) is 0 Å². The summed E-state index contributed by atoms with van der Waals surface area (Å²) in [5.74, 6) is 0.892. The molecule has 9 heteroatoms. The first kappa shape index (κ1) is 20.7. The average Bonchev–Trinajstić information content (AvgIpc) is 3.01. The third-order valence-electron chi connectivity index (χ3n) is 3.49. The number of amides is 1. The second kappa shape index (κ2) is 10.5. The molecule has 1 amide bonds. The molecule has 1 atom stereocenters. The summed E-state index contributed by atoms with van der Waals surface area (Å²) in [5.41, 5.74) is 0.906. The van der Waals surface area contributed by atoms with Gasteiger partial charge in [-0.25, -0.2) is 0 Å². The number of nitrogens with one attached hydrogen (secondary N) is 1. The van der Waals surface area contributed by atoms with E-state index in [9.17, 15) is 4.79 Å². The lowest BCUT2D eigenvalue weighted by Gasteiger charge is -2.13. The van der Waals surface area contributed by atoms with E-state index in [4.69, 9.17) is 21.1 Å². The first-order chi connectivity index (χ1) is 12.5. The van der Waals surface area contributed by atoms with Crippen LogP contribution in [0.4, 0.5) is 0 Å². The minimum absolute atomic E-state index is 0.0379. The van der Waals surface area contributed by atoms with Crippen LogP contribution >= 0.6 is 23.4 Å². The van der Waals surface area contributed by atoms with Crippen LogP contribution in [0, 0.1) is 0 Å². The Morgan fingerprint density at radius 3 is 2.65 bits per heavy atom. The second-order valence-electron chi connectivity index (χ2n) is 5.67. The van der Waals surface area contributed by atoms with Crippen LogP contribution in [0.3, 0.4) is 0 Å². The summed E-state index contributed by atoms with van der Waals surface area (Å²) >= 11 is 7.30. The number of benzene rings is 1. The van der Waals surface area contributed by atoms with Crippen molar-refractivity contribution in [1.29, 1.82) is 0 Å². The molecule has 142 valence electrons. The molecule has 1 aromatic carbocycles. The topological polar surface area (TPSA) is 78.3 Å². The molecule has 0 aliphatic rings. The summed E-state index contributed by atoms with van der Waals surface area (Å²) in [6, 6.07) is 7.36. The smallest absolute Gasteiger partial charge is 0.230 e. The van der Waals surface area contributed by atoms with Crippen LogP contribution in [-0.4, -0.2) is 59.9 Å². The van der Waals surface area contributed by atoms with Crippen molar-refractivity contribution in [2.75, 3.05) is 33.2 Å². The minimum Gasteiger partial charge on any atom is -0.383 e. The highest BCUT2D eigenvalue weighted by Crippen LogP contribution is 2.25. The maximum absolute atomic E-state index is 12.1. The molecule has 1 N–H and O–H groups in total. The van der Waals surface area contributed by atoms with Crippen LogP contribution in [0.1, 0.15) is 6.92 Å². The van der Waals surface area contributed by atoms with Crippen molar-refractivity contribution in [2.45, 2.75) is 24.7 Å². The fourth-order valence-electron chi connectivity index (χ4n) is 2.33. The number of rotatable bonds is 10. The molecule has 0 fully saturated rings. The normalized spacial score (nSPS) is 12.2. The Balaban J connectivity index is 2.10. The summed E-state index contributed by atoms with van der Waals surface area (Å²) in [6.07, 6.45) is 0. The second-order valence-corrected chi connectivity index (χ2v) is 7.05. The summed E-state index contributed by atoms with van der Waals surface area (Å²) in [6.45, 7) is 3.47. The molecule has 0 unspecified atom stereocenters. The minimum atomic E-state index is -0.0751. The SMILES string of the molecule is COCCn1c(SCC(=O)N[C@@H](C)COC)nnc1-c1ccc(Cl)cc1. The van der Waals surface area contributed by atoms with Gasteiger partial charge in [0.25, 0.3) is 0 Å². The highest BCUT2D eigenvalue weighted by molar-refractivity contribution is 7.99. The summed E-state index contributed by atoms with van der Waals surface area (Å²) in [5, 5.41) is 12.7. The number of thioether (sulfide) groups is 1. The molecule has 0 saturated heterocycles. The molecule has 0 aliphatic heterocycles. The fourth-order valence-corrected chi connectivity index (χ4v) is 3.23. The van der Waals surface area contributed by atoms with Crippen molar-refractivity contribution >= 4 is 29.3 Å². The summed E-state index contributed by atoms with van der Waals surface area (Å²) in [7, 11) is 3.25. The van der Waals surface area contributed by atoms with Crippen molar-refractivity contribution in [3.63, 3.8) is 0 Å². The van der Waals surface area contributed by atoms with Gasteiger partial charge >= 0.3 is 0 Å². The van der Waals surface area contributed by atoms with Gasteiger partial charge in [0.15, 0.2) is 11.0 Å². The molecule has 0 spiro atoms. The number of carbonyl (C=O) groups excluding carboxylic acids is 1. The molecule has 0 radical (unpaired) electrons. The van der Waals surface area contributed by atoms with Crippen molar-refractivity contribution in [1.82, 2.24) is 20.1 Å². The number of hydrogen-bond acceptors (Lipinski definition) is 6. The van der Waals surface area contributed by atoms with E-state index in [1.54, 1.807) is 14.2 Å². The van der Waals surface area contributed by atoms with Crippen LogP contribution in [0.15, 0.2) is 29.4 Å². The molecule has 0 saturated carbocycles.